The van der Waals surface area contributed by atoms with Gasteiger partial charge in [0, 0.05) is 0 Å². The average Bonchev–Trinajstić information content (AvgIpc) is 2.53. The number of Topliss-reactive ketones (excluding diaryl/α,β-unsaturated/α-hetero) is 2. The monoisotopic (exact) mass is 350 g/mol. The third-order valence-corrected chi connectivity index (χ3v) is 2.86. The maximum Gasteiger partial charge on any atom is 0.306 e. The van der Waals surface area contributed by atoms with Crippen molar-refractivity contribution in [1.82, 2.24) is 0 Å². The van der Waals surface area contributed by atoms with E-state index >= 15 is 0 Å². The number of carbonyl (C=O) groups excluding carboxylic acids is 4. The zero-order chi connectivity index (χ0) is 18.9. The van der Waals surface area contributed by atoms with Crippen LogP contribution in [-0.4, -0.2) is 81.6 Å². The highest BCUT2D eigenvalue weighted by Crippen LogP contribution is 2.00. The lowest BCUT2D eigenvalue weighted by Crippen LogP contribution is -2.35. The van der Waals surface area contributed by atoms with Crippen LogP contribution in [0.5, 0.6) is 0 Å². The second kappa shape index (κ2) is 10.8. The van der Waals surface area contributed by atoms with E-state index < -0.39 is 74.0 Å². The summed E-state index contributed by atoms with van der Waals surface area (Å²) in [4.78, 5) is 45.2. The summed E-state index contributed by atoms with van der Waals surface area (Å²) in [6.07, 6.45) is -6.81. The van der Waals surface area contributed by atoms with E-state index in [0.29, 0.717) is 0 Å². The number of hydrogen-bond donors (Lipinski definition) is 4. The quantitative estimate of drug-likeness (QED) is 0.292. The van der Waals surface area contributed by atoms with E-state index in [9.17, 15) is 29.4 Å². The fraction of sp³-hybridized carbons (Fsp3) is 0.714. The van der Waals surface area contributed by atoms with Gasteiger partial charge in [0.15, 0.2) is 13.2 Å². The Morgan fingerprint density at radius 3 is 1.25 bits per heavy atom. The van der Waals surface area contributed by atoms with Crippen molar-refractivity contribution in [3.05, 3.63) is 0 Å². The van der Waals surface area contributed by atoms with Gasteiger partial charge < -0.3 is 29.9 Å². The largest absolute Gasteiger partial charge is 0.458 e. The number of ketones is 2. The summed E-state index contributed by atoms with van der Waals surface area (Å²) >= 11 is 0. The van der Waals surface area contributed by atoms with Gasteiger partial charge in [0.2, 0.25) is 11.6 Å². The molecule has 0 aromatic rings. The van der Waals surface area contributed by atoms with Crippen molar-refractivity contribution in [2.75, 3.05) is 13.2 Å². The van der Waals surface area contributed by atoms with E-state index in [0.717, 1.165) is 0 Å². The van der Waals surface area contributed by atoms with Crippen LogP contribution in [0.25, 0.3) is 0 Å². The lowest BCUT2D eigenvalue weighted by molar-refractivity contribution is -0.156. The molecule has 4 unspecified atom stereocenters. The fourth-order valence-electron chi connectivity index (χ4n) is 1.36. The van der Waals surface area contributed by atoms with Crippen molar-refractivity contribution >= 4 is 23.5 Å². The van der Waals surface area contributed by atoms with E-state index in [1.165, 1.54) is 13.8 Å². The molecular weight excluding hydrogens is 328 g/mol. The Labute approximate surface area is 138 Å². The van der Waals surface area contributed by atoms with Gasteiger partial charge in [-0.25, -0.2) is 0 Å². The van der Waals surface area contributed by atoms with E-state index in [2.05, 4.69) is 9.47 Å². The number of aliphatic hydroxyl groups excluding tert-OH is 4. The van der Waals surface area contributed by atoms with E-state index in [1.807, 2.05) is 0 Å². The summed E-state index contributed by atoms with van der Waals surface area (Å²) in [5.41, 5.74) is 0. The van der Waals surface area contributed by atoms with Crippen molar-refractivity contribution in [3.8, 4) is 0 Å². The molecular formula is C14H22O10. The van der Waals surface area contributed by atoms with Crippen molar-refractivity contribution in [2.45, 2.75) is 51.1 Å². The molecule has 10 heteroatoms. The molecule has 0 aliphatic heterocycles. The molecule has 0 aliphatic carbocycles. The van der Waals surface area contributed by atoms with Crippen LogP contribution in [0.3, 0.4) is 0 Å². The van der Waals surface area contributed by atoms with Gasteiger partial charge in [0.25, 0.3) is 0 Å². The summed E-state index contributed by atoms with van der Waals surface area (Å²) in [6, 6.07) is 0. The highest BCUT2D eigenvalue weighted by Gasteiger charge is 2.23. The first-order chi connectivity index (χ1) is 11.1. The zero-order valence-electron chi connectivity index (χ0n) is 13.4. The molecule has 0 bridgehead atoms. The van der Waals surface area contributed by atoms with Gasteiger partial charge in [0.05, 0.1) is 25.0 Å². The lowest BCUT2D eigenvalue weighted by atomic mass is 10.1. The molecule has 0 aliphatic rings. The lowest BCUT2D eigenvalue weighted by Gasteiger charge is -2.12. The highest BCUT2D eigenvalue weighted by molar-refractivity contribution is 5.88. The Kier molecular flexibility index (Phi) is 9.97. The molecule has 0 saturated heterocycles. The van der Waals surface area contributed by atoms with Gasteiger partial charge in [-0.1, -0.05) is 0 Å². The smallest absolute Gasteiger partial charge is 0.306 e. The average molecular weight is 350 g/mol. The zero-order valence-corrected chi connectivity index (χ0v) is 13.4. The van der Waals surface area contributed by atoms with Crippen LogP contribution < -0.4 is 0 Å². The first-order valence-corrected chi connectivity index (χ1v) is 7.15. The van der Waals surface area contributed by atoms with Gasteiger partial charge >= 0.3 is 11.9 Å². The molecule has 24 heavy (non-hydrogen) atoms. The molecule has 4 N–H and O–H groups in total. The summed E-state index contributed by atoms with van der Waals surface area (Å²) in [5.74, 6) is -3.60. The van der Waals surface area contributed by atoms with Crippen molar-refractivity contribution < 1.29 is 49.1 Å². The topological polar surface area (TPSA) is 168 Å². The Balaban J connectivity index is 4.00. The number of ether oxygens (including phenoxy) is 2. The number of hydrogen-bond acceptors (Lipinski definition) is 10. The Morgan fingerprint density at radius 1 is 0.708 bits per heavy atom. The van der Waals surface area contributed by atoms with Crippen molar-refractivity contribution in [1.29, 1.82) is 0 Å². The van der Waals surface area contributed by atoms with Crippen molar-refractivity contribution in [2.24, 2.45) is 0 Å². The van der Waals surface area contributed by atoms with Crippen LogP contribution in [0.1, 0.15) is 26.7 Å². The van der Waals surface area contributed by atoms with Crippen LogP contribution in [0, 0.1) is 0 Å². The van der Waals surface area contributed by atoms with Gasteiger partial charge in [-0.3, -0.25) is 19.2 Å². The predicted molar refractivity (Wildman–Crippen MR) is 76.5 cm³/mol. The molecule has 0 fully saturated rings. The Morgan fingerprint density at radius 2 is 1.00 bits per heavy atom. The first-order valence-electron chi connectivity index (χ1n) is 7.15. The van der Waals surface area contributed by atoms with E-state index in [4.69, 9.17) is 10.2 Å². The third kappa shape index (κ3) is 8.67. The molecule has 138 valence electrons. The SMILES string of the molecule is CC(O)C(O)C(=O)COC(=O)CCC(=O)OCC(=O)C(O)C(C)O. The van der Waals surface area contributed by atoms with E-state index in [-0.39, 0.29) is 0 Å². The minimum absolute atomic E-state index is 0.427. The van der Waals surface area contributed by atoms with Crippen LogP contribution in [0.15, 0.2) is 0 Å². The summed E-state index contributed by atoms with van der Waals surface area (Å²) in [6.45, 7) is 0.879. The van der Waals surface area contributed by atoms with Gasteiger partial charge in [0.1, 0.15) is 12.2 Å². The minimum Gasteiger partial charge on any atom is -0.458 e. The van der Waals surface area contributed by atoms with E-state index in [1.54, 1.807) is 0 Å². The molecule has 4 atom stereocenters. The second-order valence-corrected chi connectivity index (χ2v) is 5.12. The van der Waals surface area contributed by atoms with Gasteiger partial charge in [-0.15, -0.1) is 0 Å². The summed E-state index contributed by atoms with van der Waals surface area (Å²) < 4.78 is 9.03. The third-order valence-electron chi connectivity index (χ3n) is 2.86. The number of rotatable bonds is 11. The molecule has 0 aromatic heterocycles. The van der Waals surface area contributed by atoms with Crippen LogP contribution in [0.2, 0.25) is 0 Å². The van der Waals surface area contributed by atoms with Crippen LogP contribution >= 0.6 is 0 Å². The molecule has 0 radical (unpaired) electrons. The molecule has 0 heterocycles. The van der Waals surface area contributed by atoms with Gasteiger partial charge in [-0.2, -0.15) is 0 Å². The first kappa shape index (κ1) is 22.1. The molecule has 0 spiro atoms. The molecule has 0 aromatic carbocycles. The maximum absolute atomic E-state index is 11.3. The fourth-order valence-corrected chi connectivity index (χ4v) is 1.36. The summed E-state index contributed by atoms with van der Waals surface area (Å²) in [5, 5.41) is 36.3. The van der Waals surface area contributed by atoms with Crippen LogP contribution in [-0.2, 0) is 28.7 Å². The molecule has 0 amide bonds. The molecule has 10 nitrogen and oxygen atoms in total. The van der Waals surface area contributed by atoms with Crippen molar-refractivity contribution in [3.63, 3.8) is 0 Å². The normalized spacial score (nSPS) is 15.8. The Bertz CT molecular complexity index is 414. The second-order valence-electron chi connectivity index (χ2n) is 5.12. The standard InChI is InChI=1S/C14H22O10/c1-7(15)13(21)9(17)5-23-11(19)3-4-12(20)24-6-10(18)14(22)8(2)16/h7-8,13-16,21-22H,3-6H2,1-2H3. The Hall–Kier alpha value is -1.88. The van der Waals surface area contributed by atoms with Crippen LogP contribution in [0.4, 0.5) is 0 Å². The van der Waals surface area contributed by atoms with Gasteiger partial charge in [-0.05, 0) is 13.8 Å². The number of esters is 2. The summed E-state index contributed by atoms with van der Waals surface area (Å²) in [7, 11) is 0. The minimum atomic E-state index is -1.67. The molecule has 0 saturated carbocycles. The number of carbonyl (C=O) groups is 4. The highest BCUT2D eigenvalue weighted by atomic mass is 16.5. The number of aliphatic hydroxyl groups is 4. The predicted octanol–water partition coefficient (Wildman–Crippen LogP) is -2.53. The maximum atomic E-state index is 11.3. The molecule has 0 rings (SSSR count).